The molecule has 1 amide bonds. The standard InChI is InChI=1S/C19H30N2O2/c20-19(22)18-10-8-17(9-11-18)7-1-5-15-23-16-6-4-14-21-12-2-3-13-21/h8-11H,1-7,12-16H2,(H2,20,22). The fourth-order valence-corrected chi connectivity index (χ4v) is 3.02. The zero-order chi connectivity index (χ0) is 16.3. The lowest BCUT2D eigenvalue weighted by molar-refractivity contribution is 0.100. The molecule has 0 saturated carbocycles. The van der Waals surface area contributed by atoms with Gasteiger partial charge in [-0.3, -0.25) is 4.79 Å². The van der Waals surface area contributed by atoms with Crippen LogP contribution in [0.15, 0.2) is 24.3 Å². The predicted octanol–water partition coefficient (Wildman–Crippen LogP) is 3.00. The van der Waals surface area contributed by atoms with Crippen LogP contribution in [-0.4, -0.2) is 43.7 Å². The third kappa shape index (κ3) is 7.14. The van der Waals surface area contributed by atoms with Crippen LogP contribution in [0.3, 0.4) is 0 Å². The topological polar surface area (TPSA) is 55.6 Å². The van der Waals surface area contributed by atoms with Gasteiger partial charge in [-0.15, -0.1) is 0 Å². The van der Waals surface area contributed by atoms with E-state index in [-0.39, 0.29) is 5.91 Å². The van der Waals surface area contributed by atoms with Gasteiger partial charge in [0.2, 0.25) is 5.91 Å². The van der Waals surface area contributed by atoms with Crippen LogP contribution in [0.5, 0.6) is 0 Å². The molecule has 1 fully saturated rings. The first kappa shape index (κ1) is 18.0. The Balaban J connectivity index is 1.42. The molecule has 1 aromatic carbocycles. The first-order valence-corrected chi connectivity index (χ1v) is 8.94. The minimum atomic E-state index is -0.366. The first-order valence-electron chi connectivity index (χ1n) is 8.94. The maximum atomic E-state index is 11.0. The summed E-state index contributed by atoms with van der Waals surface area (Å²) in [4.78, 5) is 13.6. The average Bonchev–Trinajstić information content (AvgIpc) is 3.07. The van der Waals surface area contributed by atoms with E-state index in [1.807, 2.05) is 12.1 Å². The molecule has 1 saturated heterocycles. The molecule has 4 heteroatoms. The van der Waals surface area contributed by atoms with E-state index >= 15 is 0 Å². The van der Waals surface area contributed by atoms with Crippen LogP contribution in [0, 0.1) is 0 Å². The summed E-state index contributed by atoms with van der Waals surface area (Å²) in [6.45, 7) is 5.57. The molecule has 1 aliphatic heterocycles. The minimum Gasteiger partial charge on any atom is -0.381 e. The van der Waals surface area contributed by atoms with Gasteiger partial charge in [-0.1, -0.05) is 12.1 Å². The lowest BCUT2D eigenvalue weighted by Crippen LogP contribution is -2.20. The zero-order valence-corrected chi connectivity index (χ0v) is 14.1. The average molecular weight is 318 g/mol. The molecule has 0 atom stereocenters. The maximum absolute atomic E-state index is 11.0. The first-order chi connectivity index (χ1) is 11.3. The summed E-state index contributed by atoms with van der Waals surface area (Å²) >= 11 is 0. The Morgan fingerprint density at radius 2 is 1.65 bits per heavy atom. The van der Waals surface area contributed by atoms with E-state index in [0.717, 1.165) is 32.5 Å². The summed E-state index contributed by atoms with van der Waals surface area (Å²) in [5.74, 6) is -0.366. The van der Waals surface area contributed by atoms with Gasteiger partial charge in [0, 0.05) is 18.8 Å². The van der Waals surface area contributed by atoms with Crippen LogP contribution in [0.4, 0.5) is 0 Å². The molecular formula is C19H30N2O2. The number of unbranched alkanes of at least 4 members (excludes halogenated alkanes) is 2. The van der Waals surface area contributed by atoms with Crippen LogP contribution in [0.25, 0.3) is 0 Å². The fraction of sp³-hybridized carbons (Fsp3) is 0.632. The van der Waals surface area contributed by atoms with Crippen molar-refractivity contribution < 1.29 is 9.53 Å². The largest absolute Gasteiger partial charge is 0.381 e. The number of nitrogens with zero attached hydrogens (tertiary/aromatic N) is 1. The van der Waals surface area contributed by atoms with E-state index in [2.05, 4.69) is 4.90 Å². The van der Waals surface area contributed by atoms with Crippen LogP contribution in [0.2, 0.25) is 0 Å². The van der Waals surface area contributed by atoms with Gasteiger partial charge in [-0.25, -0.2) is 0 Å². The molecule has 1 aliphatic rings. The second-order valence-electron chi connectivity index (χ2n) is 6.39. The van der Waals surface area contributed by atoms with Crippen molar-refractivity contribution in [1.29, 1.82) is 0 Å². The molecule has 128 valence electrons. The normalized spacial score (nSPS) is 15.1. The number of aryl methyl sites for hydroxylation is 1. The smallest absolute Gasteiger partial charge is 0.248 e. The number of rotatable bonds is 11. The number of primary amides is 1. The molecule has 1 heterocycles. The minimum absolute atomic E-state index is 0.366. The molecule has 1 aromatic rings. The van der Waals surface area contributed by atoms with E-state index in [1.165, 1.54) is 50.9 Å². The monoisotopic (exact) mass is 318 g/mol. The molecule has 0 aliphatic carbocycles. The number of hydrogen-bond acceptors (Lipinski definition) is 3. The molecule has 0 radical (unpaired) electrons. The highest BCUT2D eigenvalue weighted by molar-refractivity contribution is 5.92. The van der Waals surface area contributed by atoms with Gasteiger partial charge in [0.25, 0.3) is 0 Å². The maximum Gasteiger partial charge on any atom is 0.248 e. The SMILES string of the molecule is NC(=O)c1ccc(CCCCOCCCCN2CCCC2)cc1. The van der Waals surface area contributed by atoms with Crippen LogP contribution in [0.1, 0.15) is 54.4 Å². The summed E-state index contributed by atoms with van der Waals surface area (Å²) in [6, 6.07) is 7.57. The van der Waals surface area contributed by atoms with Crippen molar-refractivity contribution in [3.8, 4) is 0 Å². The number of hydrogen-bond donors (Lipinski definition) is 1. The molecule has 0 unspecified atom stereocenters. The third-order valence-electron chi connectivity index (χ3n) is 4.45. The van der Waals surface area contributed by atoms with Gasteiger partial charge in [0.1, 0.15) is 0 Å². The second kappa shape index (κ2) is 10.4. The number of ether oxygens (including phenoxy) is 1. The highest BCUT2D eigenvalue weighted by Crippen LogP contribution is 2.09. The number of carbonyl (C=O) groups is 1. The Bertz CT molecular complexity index is 453. The molecule has 4 nitrogen and oxygen atoms in total. The third-order valence-corrected chi connectivity index (χ3v) is 4.45. The Morgan fingerprint density at radius 1 is 1.00 bits per heavy atom. The summed E-state index contributed by atoms with van der Waals surface area (Å²) < 4.78 is 5.71. The van der Waals surface area contributed by atoms with Crippen molar-refractivity contribution in [2.24, 2.45) is 5.73 Å². The number of carbonyl (C=O) groups excluding carboxylic acids is 1. The summed E-state index contributed by atoms with van der Waals surface area (Å²) in [6.07, 6.45) is 8.41. The van der Waals surface area contributed by atoms with Crippen LogP contribution < -0.4 is 5.73 Å². The fourth-order valence-electron chi connectivity index (χ4n) is 3.02. The van der Waals surface area contributed by atoms with Gasteiger partial charge in [-0.2, -0.15) is 0 Å². The number of nitrogens with two attached hydrogens (primary N) is 1. The van der Waals surface area contributed by atoms with Gasteiger partial charge in [0.05, 0.1) is 0 Å². The Labute approximate surface area is 140 Å². The van der Waals surface area contributed by atoms with Crippen molar-refractivity contribution >= 4 is 5.91 Å². The van der Waals surface area contributed by atoms with Crippen molar-refractivity contribution in [2.45, 2.75) is 44.9 Å². The Kier molecular flexibility index (Phi) is 8.12. The predicted molar refractivity (Wildman–Crippen MR) is 93.6 cm³/mol. The lowest BCUT2D eigenvalue weighted by Gasteiger charge is -2.13. The van der Waals surface area contributed by atoms with E-state index in [0.29, 0.717) is 5.56 Å². The molecule has 2 N–H and O–H groups in total. The van der Waals surface area contributed by atoms with Gasteiger partial charge in [-0.05, 0) is 82.3 Å². The molecule has 0 spiro atoms. The highest BCUT2D eigenvalue weighted by Gasteiger charge is 2.09. The molecule has 0 bridgehead atoms. The molecule has 0 aromatic heterocycles. The number of amides is 1. The van der Waals surface area contributed by atoms with Crippen molar-refractivity contribution in [2.75, 3.05) is 32.8 Å². The number of likely N-dealkylation sites (tertiary alicyclic amines) is 1. The second-order valence-corrected chi connectivity index (χ2v) is 6.39. The van der Waals surface area contributed by atoms with Crippen molar-refractivity contribution in [3.63, 3.8) is 0 Å². The van der Waals surface area contributed by atoms with Crippen LogP contribution in [-0.2, 0) is 11.2 Å². The van der Waals surface area contributed by atoms with Gasteiger partial charge >= 0.3 is 0 Å². The van der Waals surface area contributed by atoms with Gasteiger partial charge < -0.3 is 15.4 Å². The van der Waals surface area contributed by atoms with E-state index < -0.39 is 0 Å². The zero-order valence-electron chi connectivity index (χ0n) is 14.1. The van der Waals surface area contributed by atoms with Crippen LogP contribution >= 0.6 is 0 Å². The summed E-state index contributed by atoms with van der Waals surface area (Å²) in [5, 5.41) is 0. The molecule has 2 rings (SSSR count). The van der Waals surface area contributed by atoms with E-state index in [4.69, 9.17) is 10.5 Å². The lowest BCUT2D eigenvalue weighted by atomic mass is 10.1. The van der Waals surface area contributed by atoms with Gasteiger partial charge in [0.15, 0.2) is 0 Å². The van der Waals surface area contributed by atoms with E-state index in [9.17, 15) is 4.79 Å². The number of benzene rings is 1. The summed E-state index contributed by atoms with van der Waals surface area (Å²) in [7, 11) is 0. The van der Waals surface area contributed by atoms with Crippen molar-refractivity contribution in [3.05, 3.63) is 35.4 Å². The van der Waals surface area contributed by atoms with Crippen molar-refractivity contribution in [1.82, 2.24) is 4.90 Å². The summed E-state index contributed by atoms with van der Waals surface area (Å²) in [5.41, 5.74) is 7.06. The Hall–Kier alpha value is -1.39. The highest BCUT2D eigenvalue weighted by atomic mass is 16.5. The van der Waals surface area contributed by atoms with E-state index in [1.54, 1.807) is 12.1 Å². The Morgan fingerprint density at radius 3 is 2.30 bits per heavy atom. The quantitative estimate of drug-likeness (QED) is 0.638. The molecule has 23 heavy (non-hydrogen) atoms. The molecular weight excluding hydrogens is 288 g/mol.